The van der Waals surface area contributed by atoms with Gasteiger partial charge in [0.15, 0.2) is 0 Å². The first kappa shape index (κ1) is 11.7. The van der Waals surface area contributed by atoms with Crippen LogP contribution in [0.1, 0.15) is 18.5 Å². The number of rotatable bonds is 3. The van der Waals surface area contributed by atoms with E-state index in [0.29, 0.717) is 0 Å². The Morgan fingerprint density at radius 1 is 1.41 bits per heavy atom. The van der Waals surface area contributed by atoms with E-state index in [1.54, 1.807) is 7.11 Å². The van der Waals surface area contributed by atoms with Gasteiger partial charge in [-0.15, -0.1) is 0 Å². The molecule has 0 aliphatic carbocycles. The summed E-state index contributed by atoms with van der Waals surface area (Å²) >= 11 is 0. The Kier molecular flexibility index (Phi) is 3.15. The highest BCUT2D eigenvalue weighted by atomic mass is 16.5. The number of benzene rings is 1. The lowest BCUT2D eigenvalue weighted by molar-refractivity contribution is 0.415. The summed E-state index contributed by atoms with van der Waals surface area (Å²) in [5.74, 6) is 0.833. The van der Waals surface area contributed by atoms with Crippen molar-refractivity contribution in [1.29, 1.82) is 0 Å². The van der Waals surface area contributed by atoms with E-state index in [9.17, 15) is 0 Å². The Morgan fingerprint density at radius 2 is 2.18 bits per heavy atom. The van der Waals surface area contributed by atoms with Crippen molar-refractivity contribution in [3.05, 3.63) is 36.0 Å². The number of nitrogens with two attached hydrogens (primary N) is 1. The minimum atomic E-state index is -0.0371. The van der Waals surface area contributed by atoms with Crippen LogP contribution in [0.15, 0.2) is 30.5 Å². The minimum absolute atomic E-state index is 0.0371. The van der Waals surface area contributed by atoms with Gasteiger partial charge in [-0.05, 0) is 19.1 Å². The molecular weight excluding hydrogens is 214 g/mol. The number of aryl methyl sites for hydroxylation is 1. The summed E-state index contributed by atoms with van der Waals surface area (Å²) in [6.07, 6.45) is 1.82. The van der Waals surface area contributed by atoms with Gasteiger partial charge in [0, 0.05) is 24.2 Å². The van der Waals surface area contributed by atoms with Crippen molar-refractivity contribution in [2.75, 3.05) is 7.11 Å². The highest BCUT2D eigenvalue weighted by Gasteiger charge is 2.14. The zero-order chi connectivity index (χ0) is 12.4. The molecule has 2 N–H and O–H groups in total. The number of hydrogen-bond acceptors (Lipinski definition) is 3. The zero-order valence-corrected chi connectivity index (χ0v) is 10.3. The molecule has 1 unspecified atom stereocenters. The molecule has 0 saturated carbocycles. The first-order valence-corrected chi connectivity index (χ1v) is 5.55. The van der Waals surface area contributed by atoms with Gasteiger partial charge in [-0.25, -0.2) is 0 Å². The number of methoxy groups -OCH3 is 1. The third-order valence-electron chi connectivity index (χ3n) is 2.80. The van der Waals surface area contributed by atoms with E-state index in [4.69, 9.17) is 10.5 Å². The second kappa shape index (κ2) is 4.59. The van der Waals surface area contributed by atoms with Gasteiger partial charge in [0.05, 0.1) is 19.0 Å². The average Bonchev–Trinajstić information content (AvgIpc) is 2.71. The zero-order valence-electron chi connectivity index (χ0n) is 10.3. The Balaban J connectivity index is 2.55. The molecule has 90 valence electrons. The Labute approximate surface area is 101 Å². The summed E-state index contributed by atoms with van der Waals surface area (Å²) in [7, 11) is 3.58. The molecule has 0 aliphatic heterocycles. The molecule has 0 spiro atoms. The maximum atomic E-state index is 5.95. The molecule has 0 saturated heterocycles. The van der Waals surface area contributed by atoms with Crippen molar-refractivity contribution >= 4 is 0 Å². The molecule has 0 fully saturated rings. The molecule has 4 nitrogen and oxygen atoms in total. The second-order valence-electron chi connectivity index (χ2n) is 4.09. The summed E-state index contributed by atoms with van der Waals surface area (Å²) in [6, 6.07) is 7.87. The van der Waals surface area contributed by atoms with Gasteiger partial charge in [-0.3, -0.25) is 4.68 Å². The normalized spacial score (nSPS) is 12.5. The van der Waals surface area contributed by atoms with Gasteiger partial charge >= 0.3 is 0 Å². The van der Waals surface area contributed by atoms with Crippen LogP contribution in [0, 0.1) is 0 Å². The van der Waals surface area contributed by atoms with Gasteiger partial charge in [-0.2, -0.15) is 5.10 Å². The van der Waals surface area contributed by atoms with Crippen LogP contribution in [-0.4, -0.2) is 16.9 Å². The molecule has 0 amide bonds. The van der Waals surface area contributed by atoms with Crippen LogP contribution in [0.5, 0.6) is 5.75 Å². The summed E-state index contributed by atoms with van der Waals surface area (Å²) < 4.78 is 7.07. The van der Waals surface area contributed by atoms with Crippen LogP contribution in [-0.2, 0) is 7.05 Å². The predicted octanol–water partition coefficient (Wildman–Crippen LogP) is 2.12. The van der Waals surface area contributed by atoms with Gasteiger partial charge in [-0.1, -0.05) is 12.1 Å². The lowest BCUT2D eigenvalue weighted by Gasteiger charge is -2.10. The van der Waals surface area contributed by atoms with E-state index < -0.39 is 0 Å². The maximum Gasteiger partial charge on any atom is 0.119 e. The summed E-state index contributed by atoms with van der Waals surface area (Å²) in [6.45, 7) is 1.96. The molecule has 0 radical (unpaired) electrons. The van der Waals surface area contributed by atoms with E-state index in [-0.39, 0.29) is 6.04 Å². The van der Waals surface area contributed by atoms with Crippen LogP contribution in [0.2, 0.25) is 0 Å². The number of nitrogens with zero attached hydrogens (tertiary/aromatic N) is 2. The van der Waals surface area contributed by atoms with E-state index in [1.807, 2.05) is 49.1 Å². The number of ether oxygens (including phenoxy) is 1. The smallest absolute Gasteiger partial charge is 0.119 e. The monoisotopic (exact) mass is 231 g/mol. The predicted molar refractivity (Wildman–Crippen MR) is 67.8 cm³/mol. The Bertz CT molecular complexity index is 517. The molecule has 1 aromatic heterocycles. The summed E-state index contributed by atoms with van der Waals surface area (Å²) in [4.78, 5) is 0. The van der Waals surface area contributed by atoms with Crippen LogP contribution in [0.3, 0.4) is 0 Å². The van der Waals surface area contributed by atoms with Gasteiger partial charge < -0.3 is 10.5 Å². The first-order chi connectivity index (χ1) is 8.13. The third-order valence-corrected chi connectivity index (χ3v) is 2.80. The fourth-order valence-corrected chi connectivity index (χ4v) is 1.91. The molecule has 4 heteroatoms. The standard InChI is InChI=1S/C13H17N3O/c1-9(14)12-8-15-16(2)13(12)10-5-4-6-11(7-10)17-3/h4-9H,14H2,1-3H3. The van der Waals surface area contributed by atoms with Gasteiger partial charge in [0.25, 0.3) is 0 Å². The van der Waals surface area contributed by atoms with Gasteiger partial charge in [0.2, 0.25) is 0 Å². The average molecular weight is 231 g/mol. The van der Waals surface area contributed by atoms with Crippen molar-refractivity contribution in [3.8, 4) is 17.0 Å². The molecule has 1 heterocycles. The molecule has 2 rings (SSSR count). The van der Waals surface area contributed by atoms with E-state index in [2.05, 4.69) is 5.10 Å². The third kappa shape index (κ3) is 2.17. The van der Waals surface area contributed by atoms with Crippen molar-refractivity contribution in [3.63, 3.8) is 0 Å². The van der Waals surface area contributed by atoms with Crippen molar-refractivity contribution in [2.24, 2.45) is 12.8 Å². The summed E-state index contributed by atoms with van der Waals surface area (Å²) in [5, 5.41) is 4.27. The molecule has 17 heavy (non-hydrogen) atoms. The minimum Gasteiger partial charge on any atom is -0.497 e. The highest BCUT2D eigenvalue weighted by molar-refractivity contribution is 5.65. The van der Waals surface area contributed by atoms with E-state index >= 15 is 0 Å². The fourth-order valence-electron chi connectivity index (χ4n) is 1.91. The van der Waals surface area contributed by atoms with Crippen LogP contribution in [0.25, 0.3) is 11.3 Å². The summed E-state index contributed by atoms with van der Waals surface area (Å²) in [5.41, 5.74) is 9.10. The largest absolute Gasteiger partial charge is 0.497 e. The van der Waals surface area contributed by atoms with Crippen molar-refractivity contribution in [2.45, 2.75) is 13.0 Å². The SMILES string of the molecule is COc1cccc(-c2c(C(C)N)cnn2C)c1. The van der Waals surface area contributed by atoms with Crippen LogP contribution >= 0.6 is 0 Å². The van der Waals surface area contributed by atoms with Crippen LogP contribution < -0.4 is 10.5 Å². The molecule has 1 atom stereocenters. The van der Waals surface area contributed by atoms with Crippen LogP contribution in [0.4, 0.5) is 0 Å². The lowest BCUT2D eigenvalue weighted by Crippen LogP contribution is -2.06. The maximum absolute atomic E-state index is 5.95. The highest BCUT2D eigenvalue weighted by Crippen LogP contribution is 2.28. The van der Waals surface area contributed by atoms with Crippen molar-refractivity contribution < 1.29 is 4.74 Å². The first-order valence-electron chi connectivity index (χ1n) is 5.55. The molecule has 0 aliphatic rings. The second-order valence-corrected chi connectivity index (χ2v) is 4.09. The number of aromatic nitrogens is 2. The van der Waals surface area contributed by atoms with Crippen molar-refractivity contribution in [1.82, 2.24) is 9.78 Å². The number of hydrogen-bond donors (Lipinski definition) is 1. The van der Waals surface area contributed by atoms with E-state index in [0.717, 1.165) is 22.6 Å². The van der Waals surface area contributed by atoms with Gasteiger partial charge in [0.1, 0.15) is 5.75 Å². The molecule has 2 aromatic rings. The molecular formula is C13H17N3O. The Hall–Kier alpha value is -1.81. The Morgan fingerprint density at radius 3 is 2.82 bits per heavy atom. The quantitative estimate of drug-likeness (QED) is 0.880. The fraction of sp³-hybridized carbons (Fsp3) is 0.308. The lowest BCUT2D eigenvalue weighted by atomic mass is 10.0. The van der Waals surface area contributed by atoms with E-state index in [1.165, 1.54) is 0 Å². The topological polar surface area (TPSA) is 53.1 Å². The molecule has 1 aromatic carbocycles. The molecule has 0 bridgehead atoms.